The molecule has 1 aromatic heterocycles. The minimum atomic E-state index is -0.982. The minimum Gasteiger partial charge on any atom is -0.507 e. The van der Waals surface area contributed by atoms with Gasteiger partial charge in [0.1, 0.15) is 28.2 Å². The first-order valence-electron chi connectivity index (χ1n) is 12.1. The van der Waals surface area contributed by atoms with Crippen molar-refractivity contribution in [2.75, 3.05) is 18.6 Å². The molecule has 3 aromatic rings. The van der Waals surface area contributed by atoms with E-state index in [2.05, 4.69) is 4.98 Å². The van der Waals surface area contributed by atoms with Crippen molar-refractivity contribution < 1.29 is 33.7 Å². The number of carbonyl (C=O) groups is 3. The van der Waals surface area contributed by atoms with Crippen LogP contribution >= 0.6 is 11.3 Å². The average Bonchev–Trinajstić information content (AvgIpc) is 3.55. The van der Waals surface area contributed by atoms with Gasteiger partial charge in [-0.05, 0) is 62.2 Å². The number of carbonyl (C=O) groups excluding carboxylic acids is 3. The van der Waals surface area contributed by atoms with Gasteiger partial charge in [-0.1, -0.05) is 23.5 Å². The Morgan fingerprint density at radius 1 is 1.21 bits per heavy atom. The number of hydrogen-bond donors (Lipinski definition) is 1. The number of aliphatic hydroxyl groups excluding tert-OH is 1. The molecular formula is C28H26N2O7S. The third-order valence-corrected chi connectivity index (χ3v) is 7.63. The van der Waals surface area contributed by atoms with Crippen LogP contribution in [0, 0.1) is 6.92 Å². The number of thiazole rings is 1. The number of amides is 1. The first-order valence-corrected chi connectivity index (χ1v) is 12.9. The maximum atomic E-state index is 13.5. The molecule has 1 saturated heterocycles. The summed E-state index contributed by atoms with van der Waals surface area (Å²) in [4.78, 5) is 45.2. The highest BCUT2D eigenvalue weighted by atomic mass is 32.1. The molecule has 10 heteroatoms. The zero-order valence-corrected chi connectivity index (χ0v) is 22.1. The van der Waals surface area contributed by atoms with Crippen LogP contribution in [0.3, 0.4) is 0 Å². The summed E-state index contributed by atoms with van der Waals surface area (Å²) in [6, 6.07) is 11.1. The summed E-state index contributed by atoms with van der Waals surface area (Å²) in [5.74, 6) is -1.23. The molecule has 0 radical (unpaired) electrons. The molecule has 2 aliphatic rings. The van der Waals surface area contributed by atoms with Crippen molar-refractivity contribution in [2.24, 2.45) is 0 Å². The van der Waals surface area contributed by atoms with Gasteiger partial charge in [-0.15, -0.1) is 0 Å². The van der Waals surface area contributed by atoms with E-state index >= 15 is 0 Å². The smallest absolute Gasteiger partial charge is 0.350 e. The monoisotopic (exact) mass is 534 g/mol. The topological polar surface area (TPSA) is 115 Å². The molecule has 2 aliphatic heterocycles. The molecule has 5 rings (SSSR count). The van der Waals surface area contributed by atoms with Crippen molar-refractivity contribution >= 4 is 39.9 Å². The molecule has 0 bridgehead atoms. The summed E-state index contributed by atoms with van der Waals surface area (Å²) in [6.07, 6.45) is 0.677. The van der Waals surface area contributed by atoms with Gasteiger partial charge in [0.15, 0.2) is 5.13 Å². The zero-order chi connectivity index (χ0) is 27.1. The van der Waals surface area contributed by atoms with Crippen LogP contribution in [-0.4, -0.2) is 47.6 Å². The highest BCUT2D eigenvalue weighted by Gasteiger charge is 2.48. The van der Waals surface area contributed by atoms with E-state index in [1.54, 1.807) is 56.3 Å². The lowest BCUT2D eigenvalue weighted by molar-refractivity contribution is -0.132. The first kappa shape index (κ1) is 25.5. The fourth-order valence-electron chi connectivity index (χ4n) is 4.73. The second-order valence-corrected chi connectivity index (χ2v) is 10.0. The van der Waals surface area contributed by atoms with E-state index in [0.717, 1.165) is 22.6 Å². The number of ether oxygens (including phenoxy) is 3. The van der Waals surface area contributed by atoms with Crippen molar-refractivity contribution in [1.82, 2.24) is 4.98 Å². The van der Waals surface area contributed by atoms with E-state index in [1.807, 2.05) is 6.92 Å². The molecule has 1 N–H and O–H groups in total. The van der Waals surface area contributed by atoms with Crippen LogP contribution in [0.25, 0.3) is 5.76 Å². The summed E-state index contributed by atoms with van der Waals surface area (Å²) in [5, 5.41) is 11.6. The van der Waals surface area contributed by atoms with Crippen LogP contribution in [0.5, 0.6) is 11.5 Å². The Kier molecular flexibility index (Phi) is 6.66. The maximum absolute atomic E-state index is 13.5. The van der Waals surface area contributed by atoms with Gasteiger partial charge in [0.2, 0.25) is 0 Å². The van der Waals surface area contributed by atoms with Gasteiger partial charge in [0.05, 0.1) is 31.0 Å². The Bertz CT molecular complexity index is 1470. The number of aryl methyl sites for hydroxylation is 1. The Morgan fingerprint density at radius 3 is 2.63 bits per heavy atom. The summed E-state index contributed by atoms with van der Waals surface area (Å²) < 4.78 is 16.1. The number of esters is 1. The number of Topliss-reactive ketones (excluding diaryl/α,β-unsaturated/α-hetero) is 1. The second kappa shape index (κ2) is 9.94. The molecule has 38 heavy (non-hydrogen) atoms. The molecule has 1 fully saturated rings. The number of hydrogen-bond acceptors (Lipinski definition) is 9. The number of benzene rings is 2. The van der Waals surface area contributed by atoms with E-state index in [0.29, 0.717) is 29.0 Å². The standard InChI is InChI=1S/C28H26N2O7S/c1-5-36-27(34)25-15(3)29-28(38-25)30-22(16-6-9-19(35-4)10-7-16)21(24(32)26(30)33)23(31)17-8-11-20-18(13-17)12-14(2)37-20/h6-11,13-14,22,31H,5,12H2,1-4H3/b23-21+/t14-,22+/m0/s1. The number of ketones is 1. The van der Waals surface area contributed by atoms with Gasteiger partial charge in [-0.3, -0.25) is 14.5 Å². The van der Waals surface area contributed by atoms with Gasteiger partial charge in [-0.2, -0.15) is 0 Å². The summed E-state index contributed by atoms with van der Waals surface area (Å²) in [5.41, 5.74) is 2.19. The second-order valence-electron chi connectivity index (χ2n) is 9.03. The van der Waals surface area contributed by atoms with Crippen LogP contribution in [-0.2, 0) is 20.7 Å². The van der Waals surface area contributed by atoms with Crippen molar-refractivity contribution in [2.45, 2.75) is 39.3 Å². The predicted octanol–water partition coefficient (Wildman–Crippen LogP) is 4.59. The molecule has 3 heterocycles. The summed E-state index contributed by atoms with van der Waals surface area (Å²) >= 11 is 0.965. The molecule has 9 nitrogen and oxygen atoms in total. The van der Waals surface area contributed by atoms with E-state index in [4.69, 9.17) is 14.2 Å². The first-order chi connectivity index (χ1) is 18.2. The Labute approximate surface area is 223 Å². The predicted molar refractivity (Wildman–Crippen MR) is 141 cm³/mol. The third-order valence-electron chi connectivity index (χ3n) is 6.50. The van der Waals surface area contributed by atoms with E-state index in [9.17, 15) is 19.5 Å². The van der Waals surface area contributed by atoms with Crippen LogP contribution in [0.15, 0.2) is 48.0 Å². The van der Waals surface area contributed by atoms with E-state index in [1.165, 1.54) is 12.0 Å². The van der Waals surface area contributed by atoms with Gasteiger partial charge in [-0.25, -0.2) is 9.78 Å². The zero-order valence-electron chi connectivity index (χ0n) is 21.3. The Hall–Kier alpha value is -4.18. The molecular weight excluding hydrogens is 508 g/mol. The van der Waals surface area contributed by atoms with Crippen molar-refractivity contribution in [3.63, 3.8) is 0 Å². The molecule has 2 atom stereocenters. The van der Waals surface area contributed by atoms with Gasteiger partial charge >= 0.3 is 11.9 Å². The highest BCUT2D eigenvalue weighted by Crippen LogP contribution is 2.44. The lowest BCUT2D eigenvalue weighted by Gasteiger charge is -2.23. The number of methoxy groups -OCH3 is 1. The summed E-state index contributed by atoms with van der Waals surface area (Å²) in [7, 11) is 1.54. The molecule has 0 spiro atoms. The quantitative estimate of drug-likeness (QED) is 0.211. The molecule has 0 unspecified atom stereocenters. The number of nitrogens with zero attached hydrogens (tertiary/aromatic N) is 2. The number of aliphatic hydroxyl groups is 1. The number of fused-ring (bicyclic) bond motifs is 1. The van der Waals surface area contributed by atoms with Gasteiger partial charge in [0.25, 0.3) is 5.78 Å². The highest BCUT2D eigenvalue weighted by molar-refractivity contribution is 7.17. The van der Waals surface area contributed by atoms with Crippen molar-refractivity contribution in [1.29, 1.82) is 0 Å². The van der Waals surface area contributed by atoms with Gasteiger partial charge < -0.3 is 19.3 Å². The van der Waals surface area contributed by atoms with E-state index < -0.39 is 23.7 Å². The fraction of sp³-hybridized carbons (Fsp3) is 0.286. The molecule has 1 amide bonds. The lowest BCUT2D eigenvalue weighted by atomic mass is 9.94. The van der Waals surface area contributed by atoms with Crippen LogP contribution in [0.4, 0.5) is 5.13 Å². The minimum absolute atomic E-state index is 0.00834. The van der Waals surface area contributed by atoms with Crippen molar-refractivity contribution in [3.05, 3.63) is 75.3 Å². The Morgan fingerprint density at radius 2 is 1.95 bits per heavy atom. The number of rotatable bonds is 6. The average molecular weight is 535 g/mol. The van der Waals surface area contributed by atoms with Crippen molar-refractivity contribution in [3.8, 4) is 11.5 Å². The van der Waals surface area contributed by atoms with Crippen LogP contribution in [0.2, 0.25) is 0 Å². The van der Waals surface area contributed by atoms with E-state index in [-0.39, 0.29) is 34.1 Å². The Balaban J connectivity index is 1.66. The largest absolute Gasteiger partial charge is 0.507 e. The van der Waals surface area contributed by atoms with Gasteiger partial charge in [0, 0.05) is 12.0 Å². The molecule has 0 saturated carbocycles. The van der Waals surface area contributed by atoms with Crippen LogP contribution in [0.1, 0.15) is 51.9 Å². The normalized spacial score (nSPS) is 19.8. The third kappa shape index (κ3) is 4.30. The lowest BCUT2D eigenvalue weighted by Crippen LogP contribution is -2.29. The molecule has 196 valence electrons. The maximum Gasteiger partial charge on any atom is 0.350 e. The summed E-state index contributed by atoms with van der Waals surface area (Å²) in [6.45, 7) is 5.48. The van der Waals surface area contributed by atoms with Crippen LogP contribution < -0.4 is 14.4 Å². The molecule has 0 aliphatic carbocycles. The number of aromatic nitrogens is 1. The molecule has 2 aromatic carbocycles. The SMILES string of the molecule is CCOC(=O)c1sc(N2C(=O)C(=O)/C(=C(/O)c3ccc4c(c3)C[C@H](C)O4)[C@H]2c2ccc(OC)cc2)nc1C. The fourth-order valence-corrected chi connectivity index (χ4v) is 5.71. The number of anilines is 1.